The Labute approximate surface area is 124 Å². The van der Waals surface area contributed by atoms with E-state index < -0.39 is 0 Å². The lowest BCUT2D eigenvalue weighted by atomic mass is 9.96. The van der Waals surface area contributed by atoms with Gasteiger partial charge in [0.25, 0.3) is 5.91 Å². The van der Waals surface area contributed by atoms with Gasteiger partial charge in [0.2, 0.25) is 0 Å². The van der Waals surface area contributed by atoms with Crippen LogP contribution in [0.4, 0.5) is 0 Å². The molecule has 4 heteroatoms. The molecule has 1 aromatic carbocycles. The largest absolute Gasteiger partial charge is 0.443 e. The van der Waals surface area contributed by atoms with Crippen LogP contribution in [0, 0.1) is 0 Å². The number of benzene rings is 1. The molecule has 0 bridgehead atoms. The lowest BCUT2D eigenvalue weighted by molar-refractivity contribution is 0.0505. The predicted molar refractivity (Wildman–Crippen MR) is 80.9 cm³/mol. The first kappa shape index (κ1) is 13.9. The Morgan fingerprint density at radius 3 is 2.52 bits per heavy atom. The normalized spacial score (nSPS) is 22.3. The van der Waals surface area contributed by atoms with Gasteiger partial charge in [0, 0.05) is 17.6 Å². The van der Waals surface area contributed by atoms with Gasteiger partial charge in [-0.15, -0.1) is 0 Å². The highest BCUT2D eigenvalue weighted by atomic mass is 16.3. The smallest absolute Gasteiger partial charge is 0.276 e. The Bertz CT molecular complexity index is 611. The van der Waals surface area contributed by atoms with Crippen LogP contribution in [0.3, 0.4) is 0 Å². The average molecular weight is 284 g/mol. The first-order chi connectivity index (χ1) is 10.2. The highest BCUT2D eigenvalue weighted by molar-refractivity contribution is 5.98. The second-order valence-electron chi connectivity index (χ2n) is 5.74. The summed E-state index contributed by atoms with van der Waals surface area (Å²) < 4.78 is 5.47. The van der Waals surface area contributed by atoms with E-state index in [0.29, 0.717) is 11.5 Å². The monoisotopic (exact) mass is 284 g/mol. The van der Waals surface area contributed by atoms with Gasteiger partial charge in [-0.2, -0.15) is 0 Å². The number of hydrogen-bond donors (Lipinski definition) is 0. The molecule has 0 aliphatic carbocycles. The van der Waals surface area contributed by atoms with E-state index in [1.54, 1.807) is 0 Å². The van der Waals surface area contributed by atoms with Gasteiger partial charge in [-0.1, -0.05) is 30.3 Å². The summed E-state index contributed by atoms with van der Waals surface area (Å²) in [5.41, 5.74) is 1.30. The minimum atomic E-state index is -0.0256. The van der Waals surface area contributed by atoms with Crippen molar-refractivity contribution in [2.24, 2.45) is 0 Å². The zero-order valence-electron chi connectivity index (χ0n) is 12.5. The molecular formula is C17H20N2O2. The maximum absolute atomic E-state index is 12.9. The molecule has 1 aromatic heterocycles. The molecule has 1 aliphatic rings. The van der Waals surface area contributed by atoms with Gasteiger partial charge in [0.15, 0.2) is 17.8 Å². The number of oxazole rings is 1. The maximum Gasteiger partial charge on any atom is 0.276 e. The molecule has 2 aromatic rings. The molecule has 21 heavy (non-hydrogen) atoms. The Kier molecular flexibility index (Phi) is 3.78. The van der Waals surface area contributed by atoms with Crippen LogP contribution in [0.25, 0.3) is 11.3 Å². The number of amides is 1. The summed E-state index contributed by atoms with van der Waals surface area (Å²) in [6, 6.07) is 10.2. The fourth-order valence-electron chi connectivity index (χ4n) is 3.14. The summed E-state index contributed by atoms with van der Waals surface area (Å²) in [6.45, 7) is 4.21. The number of nitrogens with zero attached hydrogens (tertiary/aromatic N) is 2. The second-order valence-corrected chi connectivity index (χ2v) is 5.74. The van der Waals surface area contributed by atoms with Gasteiger partial charge in [0.05, 0.1) is 0 Å². The van der Waals surface area contributed by atoms with E-state index in [0.717, 1.165) is 18.4 Å². The Hall–Kier alpha value is -2.10. The summed E-state index contributed by atoms with van der Waals surface area (Å²) in [5.74, 6) is 0.535. The maximum atomic E-state index is 12.9. The summed E-state index contributed by atoms with van der Waals surface area (Å²) in [6.07, 6.45) is 4.63. The number of rotatable bonds is 2. The molecule has 1 fully saturated rings. The van der Waals surface area contributed by atoms with Gasteiger partial charge in [-0.3, -0.25) is 4.79 Å². The third kappa shape index (κ3) is 2.58. The van der Waals surface area contributed by atoms with Crippen LogP contribution in [-0.4, -0.2) is 27.9 Å². The summed E-state index contributed by atoms with van der Waals surface area (Å²) >= 11 is 0. The number of likely N-dealkylation sites (tertiary alicyclic amines) is 1. The zero-order chi connectivity index (χ0) is 14.8. The summed E-state index contributed by atoms with van der Waals surface area (Å²) in [7, 11) is 0. The van der Waals surface area contributed by atoms with Crippen molar-refractivity contribution < 1.29 is 9.21 Å². The van der Waals surface area contributed by atoms with Gasteiger partial charge in [-0.25, -0.2) is 4.98 Å². The standard InChI is InChI=1S/C17H20N2O2/c1-12-7-6-8-13(2)19(12)17(20)15-16(21-11-18-15)14-9-4-3-5-10-14/h3-5,9-13H,6-8H2,1-2H3. The molecule has 1 amide bonds. The highest BCUT2D eigenvalue weighted by Crippen LogP contribution is 2.28. The van der Waals surface area contributed by atoms with Crippen LogP contribution in [0.15, 0.2) is 41.1 Å². The van der Waals surface area contributed by atoms with Crippen molar-refractivity contribution in [1.82, 2.24) is 9.88 Å². The van der Waals surface area contributed by atoms with Gasteiger partial charge in [0.1, 0.15) is 0 Å². The van der Waals surface area contributed by atoms with E-state index in [2.05, 4.69) is 18.8 Å². The van der Waals surface area contributed by atoms with Crippen LogP contribution < -0.4 is 0 Å². The molecule has 3 rings (SSSR count). The van der Waals surface area contributed by atoms with E-state index in [4.69, 9.17) is 4.42 Å². The highest BCUT2D eigenvalue weighted by Gasteiger charge is 2.32. The molecule has 0 radical (unpaired) electrons. The van der Waals surface area contributed by atoms with Crippen molar-refractivity contribution in [3.63, 3.8) is 0 Å². The molecule has 0 saturated carbocycles. The van der Waals surface area contributed by atoms with Crippen molar-refractivity contribution in [2.45, 2.75) is 45.2 Å². The topological polar surface area (TPSA) is 46.3 Å². The Morgan fingerprint density at radius 2 is 1.86 bits per heavy atom. The lowest BCUT2D eigenvalue weighted by Gasteiger charge is -2.38. The minimum absolute atomic E-state index is 0.0256. The molecular weight excluding hydrogens is 264 g/mol. The van der Waals surface area contributed by atoms with E-state index in [-0.39, 0.29) is 18.0 Å². The Balaban J connectivity index is 1.94. The number of aromatic nitrogens is 1. The minimum Gasteiger partial charge on any atom is -0.443 e. The van der Waals surface area contributed by atoms with Gasteiger partial charge in [-0.05, 0) is 33.1 Å². The number of hydrogen-bond acceptors (Lipinski definition) is 3. The molecule has 2 unspecified atom stereocenters. The summed E-state index contributed by atoms with van der Waals surface area (Å²) in [5, 5.41) is 0. The van der Waals surface area contributed by atoms with Gasteiger partial charge < -0.3 is 9.32 Å². The van der Waals surface area contributed by atoms with Crippen LogP contribution in [0.2, 0.25) is 0 Å². The van der Waals surface area contributed by atoms with Crippen LogP contribution in [0.5, 0.6) is 0 Å². The van der Waals surface area contributed by atoms with E-state index >= 15 is 0 Å². The van der Waals surface area contributed by atoms with Crippen molar-refractivity contribution in [2.75, 3.05) is 0 Å². The third-order valence-electron chi connectivity index (χ3n) is 4.23. The number of carbonyl (C=O) groups is 1. The quantitative estimate of drug-likeness (QED) is 0.844. The molecule has 2 heterocycles. The van der Waals surface area contributed by atoms with Crippen LogP contribution >= 0.6 is 0 Å². The molecule has 1 saturated heterocycles. The first-order valence-electron chi connectivity index (χ1n) is 7.50. The van der Waals surface area contributed by atoms with Gasteiger partial charge >= 0.3 is 0 Å². The Morgan fingerprint density at radius 1 is 1.19 bits per heavy atom. The van der Waals surface area contributed by atoms with E-state index in [1.165, 1.54) is 12.8 Å². The zero-order valence-corrected chi connectivity index (χ0v) is 12.5. The lowest BCUT2D eigenvalue weighted by Crippen LogP contribution is -2.47. The SMILES string of the molecule is CC1CCCC(C)N1C(=O)c1ncoc1-c1ccccc1. The van der Waals surface area contributed by atoms with E-state index in [9.17, 15) is 4.79 Å². The van der Waals surface area contributed by atoms with E-state index in [1.807, 2.05) is 35.2 Å². The number of carbonyl (C=O) groups excluding carboxylic acids is 1. The molecule has 110 valence electrons. The van der Waals surface area contributed by atoms with Crippen LogP contribution in [0.1, 0.15) is 43.6 Å². The third-order valence-corrected chi connectivity index (χ3v) is 4.23. The van der Waals surface area contributed by atoms with Crippen molar-refractivity contribution in [3.05, 3.63) is 42.4 Å². The van der Waals surface area contributed by atoms with Crippen LogP contribution in [-0.2, 0) is 0 Å². The molecule has 1 aliphatic heterocycles. The second kappa shape index (κ2) is 5.72. The van der Waals surface area contributed by atoms with Crippen molar-refractivity contribution >= 4 is 5.91 Å². The van der Waals surface area contributed by atoms with Crippen molar-refractivity contribution in [1.29, 1.82) is 0 Å². The first-order valence-corrected chi connectivity index (χ1v) is 7.50. The molecule has 0 spiro atoms. The molecule has 4 nitrogen and oxygen atoms in total. The predicted octanol–water partition coefficient (Wildman–Crippen LogP) is 3.74. The average Bonchev–Trinajstić information content (AvgIpc) is 2.97. The fraction of sp³-hybridized carbons (Fsp3) is 0.412. The van der Waals surface area contributed by atoms with Crippen molar-refractivity contribution in [3.8, 4) is 11.3 Å². The molecule has 2 atom stereocenters. The summed E-state index contributed by atoms with van der Waals surface area (Å²) in [4.78, 5) is 19.0. The molecule has 0 N–H and O–H groups in total. The number of piperidine rings is 1. The fourth-order valence-corrected chi connectivity index (χ4v) is 3.14.